The van der Waals surface area contributed by atoms with Crippen LogP contribution in [-0.4, -0.2) is 5.11 Å². The Labute approximate surface area is 148 Å². The summed E-state index contributed by atoms with van der Waals surface area (Å²) in [5.74, 6) is 1.15. The predicted molar refractivity (Wildman–Crippen MR) is 103 cm³/mol. The number of phenolic OH excluding ortho intramolecular Hbond substituents is 1. The highest BCUT2D eigenvalue weighted by atomic mass is 16.3. The van der Waals surface area contributed by atoms with Gasteiger partial charge in [0.1, 0.15) is 5.75 Å². The van der Waals surface area contributed by atoms with Crippen molar-refractivity contribution >= 4 is 0 Å². The van der Waals surface area contributed by atoms with Gasteiger partial charge in [-0.3, -0.25) is 0 Å². The lowest BCUT2D eigenvalue weighted by Crippen LogP contribution is -2.29. The third kappa shape index (κ3) is 3.24. The monoisotopic (exact) mass is 328 g/mol. The summed E-state index contributed by atoms with van der Waals surface area (Å²) in [6, 6.07) is 4.67. The second-order valence-corrected chi connectivity index (χ2v) is 9.36. The molecular weight excluding hydrogens is 292 g/mol. The van der Waals surface area contributed by atoms with E-state index >= 15 is 0 Å². The van der Waals surface area contributed by atoms with Crippen LogP contribution < -0.4 is 0 Å². The Morgan fingerprint density at radius 3 is 1.46 bits per heavy atom. The summed E-state index contributed by atoms with van der Waals surface area (Å²) >= 11 is 0. The number of hydrogen-bond donors (Lipinski definition) is 1. The zero-order valence-corrected chi connectivity index (χ0v) is 16.3. The maximum absolute atomic E-state index is 11.3. The summed E-state index contributed by atoms with van der Waals surface area (Å²) in [5.41, 5.74) is 4.22. The molecule has 1 nitrogen and oxygen atoms in total. The molecular formula is C23H36O. The van der Waals surface area contributed by atoms with Crippen molar-refractivity contribution < 1.29 is 5.11 Å². The lowest BCUT2D eigenvalue weighted by Gasteiger charge is -2.39. The fraction of sp³-hybridized carbons (Fsp3) is 0.739. The summed E-state index contributed by atoms with van der Waals surface area (Å²) in [6.07, 6.45) is 12.8. The Balaban J connectivity index is 2.11. The van der Waals surface area contributed by atoms with Gasteiger partial charge in [-0.15, -0.1) is 0 Å². The van der Waals surface area contributed by atoms with Gasteiger partial charge in [0.2, 0.25) is 0 Å². The number of aromatic hydroxyl groups is 1. The Hall–Kier alpha value is -0.980. The maximum atomic E-state index is 11.3. The molecule has 2 fully saturated rings. The lowest BCUT2D eigenvalue weighted by molar-refractivity contribution is 0.289. The molecule has 134 valence electrons. The van der Waals surface area contributed by atoms with E-state index in [9.17, 15) is 5.11 Å². The predicted octanol–water partition coefficient (Wildman–Crippen LogP) is 6.96. The van der Waals surface area contributed by atoms with Crippen LogP contribution in [0.2, 0.25) is 0 Å². The molecule has 2 aliphatic carbocycles. The average Bonchev–Trinajstić information content (AvgIpc) is 2.56. The molecule has 0 radical (unpaired) electrons. The minimum absolute atomic E-state index is 0.160. The second-order valence-electron chi connectivity index (χ2n) is 9.36. The smallest absolute Gasteiger partial charge is 0.123 e. The van der Waals surface area contributed by atoms with Crippen molar-refractivity contribution in [2.45, 2.75) is 109 Å². The third-order valence-corrected chi connectivity index (χ3v) is 7.01. The van der Waals surface area contributed by atoms with Crippen LogP contribution in [0.3, 0.4) is 0 Å². The Kier molecular flexibility index (Phi) is 5.00. The summed E-state index contributed by atoms with van der Waals surface area (Å²) in [4.78, 5) is 0. The van der Waals surface area contributed by atoms with Crippen molar-refractivity contribution in [2.75, 3.05) is 0 Å². The molecule has 1 aromatic rings. The minimum Gasteiger partial charge on any atom is -0.507 e. The number of rotatable bonds is 3. The molecule has 24 heavy (non-hydrogen) atoms. The molecule has 1 aromatic carbocycles. The molecule has 2 aliphatic rings. The van der Waals surface area contributed by atoms with E-state index in [-0.39, 0.29) is 10.8 Å². The quantitative estimate of drug-likeness (QED) is 0.636. The van der Waals surface area contributed by atoms with Crippen LogP contribution in [-0.2, 0) is 10.8 Å². The first kappa shape index (κ1) is 17.8. The lowest BCUT2D eigenvalue weighted by atomic mass is 9.65. The van der Waals surface area contributed by atoms with Crippen LogP contribution in [0.4, 0.5) is 0 Å². The summed E-state index contributed by atoms with van der Waals surface area (Å²) < 4.78 is 0. The summed E-state index contributed by atoms with van der Waals surface area (Å²) in [6.45, 7) is 9.34. The molecule has 1 heteroatoms. The first-order valence-corrected chi connectivity index (χ1v) is 10.2. The fourth-order valence-corrected chi connectivity index (χ4v) is 5.11. The zero-order valence-electron chi connectivity index (χ0n) is 16.3. The molecule has 0 saturated heterocycles. The summed E-state index contributed by atoms with van der Waals surface area (Å²) in [5, 5.41) is 11.3. The molecule has 0 aromatic heterocycles. The van der Waals surface area contributed by atoms with Crippen LogP contribution in [0.5, 0.6) is 5.75 Å². The molecule has 0 aliphatic heterocycles. The van der Waals surface area contributed by atoms with Crippen LogP contribution in [0, 0.1) is 0 Å². The van der Waals surface area contributed by atoms with Gasteiger partial charge in [0.25, 0.3) is 0 Å². The standard InChI is InChI=1S/C23H36O/c1-17(2)18-15-19(22(3)11-7-5-8-12-22)21(24)20(16-18)23(4)13-9-6-10-14-23/h15-17,24H,5-14H2,1-4H3. The third-order valence-electron chi connectivity index (χ3n) is 7.01. The highest BCUT2D eigenvalue weighted by molar-refractivity contribution is 5.51. The van der Waals surface area contributed by atoms with E-state index in [1.807, 2.05) is 0 Å². The van der Waals surface area contributed by atoms with Crippen LogP contribution in [0.1, 0.15) is 115 Å². The SMILES string of the molecule is CC(C)c1cc(C2(C)CCCCC2)c(O)c(C2(C)CCCCC2)c1. The number of hydrogen-bond acceptors (Lipinski definition) is 1. The minimum atomic E-state index is 0.160. The molecule has 0 atom stereocenters. The first-order valence-electron chi connectivity index (χ1n) is 10.2. The van der Waals surface area contributed by atoms with Gasteiger partial charge in [0.05, 0.1) is 0 Å². The van der Waals surface area contributed by atoms with Gasteiger partial charge in [-0.1, -0.05) is 78.4 Å². The fourth-order valence-electron chi connectivity index (χ4n) is 5.11. The van der Waals surface area contributed by atoms with E-state index in [1.165, 1.54) is 80.9 Å². The average molecular weight is 329 g/mol. The maximum Gasteiger partial charge on any atom is 0.123 e. The van der Waals surface area contributed by atoms with Gasteiger partial charge in [0.15, 0.2) is 0 Å². The van der Waals surface area contributed by atoms with Crippen molar-refractivity contribution in [3.8, 4) is 5.75 Å². The van der Waals surface area contributed by atoms with Crippen molar-refractivity contribution in [2.24, 2.45) is 0 Å². The molecule has 2 saturated carbocycles. The van der Waals surface area contributed by atoms with E-state index < -0.39 is 0 Å². The normalized spacial score (nSPS) is 23.4. The number of benzene rings is 1. The summed E-state index contributed by atoms with van der Waals surface area (Å²) in [7, 11) is 0. The Bertz CT molecular complexity index is 527. The van der Waals surface area contributed by atoms with E-state index in [4.69, 9.17) is 0 Å². The van der Waals surface area contributed by atoms with Gasteiger partial charge >= 0.3 is 0 Å². The van der Waals surface area contributed by atoms with Crippen LogP contribution in [0.15, 0.2) is 12.1 Å². The van der Waals surface area contributed by atoms with Gasteiger partial charge in [-0.25, -0.2) is 0 Å². The van der Waals surface area contributed by atoms with Crippen molar-refractivity contribution in [3.05, 3.63) is 28.8 Å². The molecule has 3 rings (SSSR count). The second kappa shape index (κ2) is 6.73. The zero-order chi connectivity index (χ0) is 17.4. The van der Waals surface area contributed by atoms with Gasteiger partial charge in [0, 0.05) is 11.1 Å². The highest BCUT2D eigenvalue weighted by Crippen LogP contribution is 2.50. The first-order chi connectivity index (χ1) is 11.4. The molecule has 0 unspecified atom stereocenters. The molecule has 1 N–H and O–H groups in total. The highest BCUT2D eigenvalue weighted by Gasteiger charge is 2.37. The van der Waals surface area contributed by atoms with E-state index in [0.717, 1.165) is 0 Å². The van der Waals surface area contributed by atoms with Gasteiger partial charge in [-0.05, 0) is 48.0 Å². The molecule has 0 amide bonds. The molecule has 0 heterocycles. The van der Waals surface area contributed by atoms with E-state index in [0.29, 0.717) is 11.7 Å². The van der Waals surface area contributed by atoms with Crippen molar-refractivity contribution in [3.63, 3.8) is 0 Å². The topological polar surface area (TPSA) is 20.2 Å². The Morgan fingerprint density at radius 1 is 0.750 bits per heavy atom. The molecule has 0 bridgehead atoms. The largest absolute Gasteiger partial charge is 0.507 e. The van der Waals surface area contributed by atoms with E-state index in [2.05, 4.69) is 39.8 Å². The van der Waals surface area contributed by atoms with Crippen LogP contribution >= 0.6 is 0 Å². The van der Waals surface area contributed by atoms with Crippen molar-refractivity contribution in [1.29, 1.82) is 0 Å². The van der Waals surface area contributed by atoms with Gasteiger partial charge in [-0.2, -0.15) is 0 Å². The van der Waals surface area contributed by atoms with Crippen LogP contribution in [0.25, 0.3) is 0 Å². The van der Waals surface area contributed by atoms with E-state index in [1.54, 1.807) is 0 Å². The molecule has 0 spiro atoms. The number of phenols is 1. The van der Waals surface area contributed by atoms with Gasteiger partial charge < -0.3 is 5.11 Å². The Morgan fingerprint density at radius 2 is 1.12 bits per heavy atom. The van der Waals surface area contributed by atoms with Crippen molar-refractivity contribution in [1.82, 2.24) is 0 Å².